The third kappa shape index (κ3) is 2.36. The number of carbonyl (C=O) groups is 1. The molecule has 2 aromatic rings. The summed E-state index contributed by atoms with van der Waals surface area (Å²) >= 11 is 0. The third-order valence-corrected chi connectivity index (χ3v) is 4.06. The maximum Gasteiger partial charge on any atom is 0.356 e. The van der Waals surface area contributed by atoms with E-state index in [0.717, 1.165) is 7.11 Å². The number of aromatic amines is 1. The molecule has 0 saturated carbocycles. The van der Waals surface area contributed by atoms with Gasteiger partial charge in [-0.2, -0.15) is 5.10 Å². The first kappa shape index (κ1) is 16.4. The molecule has 1 aromatic carbocycles. The summed E-state index contributed by atoms with van der Waals surface area (Å²) in [5.74, 6) is -1.03. The zero-order valence-electron chi connectivity index (χ0n) is 13.2. The van der Waals surface area contributed by atoms with Crippen LogP contribution in [0.15, 0.2) is 6.07 Å². The van der Waals surface area contributed by atoms with E-state index in [1.165, 1.54) is 13.2 Å². The van der Waals surface area contributed by atoms with Crippen molar-refractivity contribution in [3.8, 4) is 17.0 Å². The van der Waals surface area contributed by atoms with Gasteiger partial charge in [0.15, 0.2) is 0 Å². The van der Waals surface area contributed by atoms with E-state index < -0.39 is 32.9 Å². The smallest absolute Gasteiger partial charge is 0.356 e. The van der Waals surface area contributed by atoms with Gasteiger partial charge in [-0.05, 0) is 12.8 Å². The van der Waals surface area contributed by atoms with E-state index in [1.807, 2.05) is 0 Å². The van der Waals surface area contributed by atoms with Crippen molar-refractivity contribution in [1.82, 2.24) is 10.2 Å². The van der Waals surface area contributed by atoms with Gasteiger partial charge in [-0.25, -0.2) is 4.79 Å². The number of nitrogens with one attached hydrogen (secondary N) is 1. The summed E-state index contributed by atoms with van der Waals surface area (Å²) in [6, 6.07) is 1.18. The number of benzene rings is 1. The second-order valence-corrected chi connectivity index (χ2v) is 5.24. The molecule has 0 radical (unpaired) electrons. The summed E-state index contributed by atoms with van der Waals surface area (Å²) in [5, 5.41) is 29.4. The van der Waals surface area contributed by atoms with Gasteiger partial charge in [-0.1, -0.05) is 0 Å². The van der Waals surface area contributed by atoms with Crippen LogP contribution in [0.25, 0.3) is 11.3 Å². The summed E-state index contributed by atoms with van der Waals surface area (Å²) in [6.07, 6.45) is 0.502. The number of rotatable bonds is 4. The minimum atomic E-state index is -0.756. The number of nitro groups is 2. The predicted molar refractivity (Wildman–Crippen MR) is 82.6 cm³/mol. The van der Waals surface area contributed by atoms with Crippen molar-refractivity contribution in [3.05, 3.63) is 43.1 Å². The first-order valence-corrected chi connectivity index (χ1v) is 7.09. The average molecular weight is 348 g/mol. The number of hydrogen-bond donors (Lipinski definition) is 1. The number of methoxy groups -OCH3 is 2. The molecule has 0 saturated heterocycles. The molecular weight excluding hydrogens is 336 g/mol. The van der Waals surface area contributed by atoms with Crippen molar-refractivity contribution >= 4 is 17.3 Å². The highest BCUT2D eigenvalue weighted by molar-refractivity contribution is 5.93. The Kier molecular flexibility index (Phi) is 3.83. The lowest BCUT2D eigenvalue weighted by atomic mass is 9.87. The van der Waals surface area contributed by atoms with E-state index in [1.54, 1.807) is 0 Å². The second kappa shape index (κ2) is 5.85. The van der Waals surface area contributed by atoms with Crippen LogP contribution in [0.4, 0.5) is 11.4 Å². The number of fused-ring (bicyclic) bond motifs is 3. The van der Waals surface area contributed by atoms with E-state index in [-0.39, 0.29) is 28.9 Å². The van der Waals surface area contributed by atoms with Crippen molar-refractivity contribution in [2.24, 2.45) is 0 Å². The number of nitro benzene ring substituents is 2. The Morgan fingerprint density at radius 3 is 2.44 bits per heavy atom. The van der Waals surface area contributed by atoms with Gasteiger partial charge in [0.1, 0.15) is 5.69 Å². The van der Waals surface area contributed by atoms with Gasteiger partial charge in [0.05, 0.1) is 29.8 Å². The van der Waals surface area contributed by atoms with Gasteiger partial charge in [-0.3, -0.25) is 25.3 Å². The van der Waals surface area contributed by atoms with Gasteiger partial charge in [0, 0.05) is 22.8 Å². The number of carbonyl (C=O) groups excluding carboxylic acids is 1. The number of aromatic nitrogens is 2. The van der Waals surface area contributed by atoms with E-state index >= 15 is 0 Å². The van der Waals surface area contributed by atoms with Gasteiger partial charge >= 0.3 is 17.3 Å². The number of hydrogen-bond acceptors (Lipinski definition) is 8. The molecule has 1 aromatic heterocycles. The van der Waals surface area contributed by atoms with Gasteiger partial charge in [0.25, 0.3) is 5.75 Å². The minimum Gasteiger partial charge on any atom is -0.485 e. The molecule has 11 nitrogen and oxygen atoms in total. The van der Waals surface area contributed by atoms with Crippen LogP contribution in [-0.4, -0.2) is 40.2 Å². The maximum atomic E-state index is 11.8. The fourth-order valence-corrected chi connectivity index (χ4v) is 3.02. The molecule has 0 fully saturated rings. The standard InChI is InChI=1S/C14H12N4O7/c1-24-13-9(17(20)21)5-8-6(12(13)18(22)23)3-4-7-10(8)15-16-11(7)14(19)25-2/h5H,3-4H2,1-2H3,(H,15,16). The van der Waals surface area contributed by atoms with Crippen molar-refractivity contribution in [2.45, 2.75) is 12.8 Å². The molecule has 1 aliphatic rings. The van der Waals surface area contributed by atoms with Crippen LogP contribution >= 0.6 is 0 Å². The van der Waals surface area contributed by atoms with Crippen molar-refractivity contribution in [1.29, 1.82) is 0 Å². The zero-order valence-corrected chi connectivity index (χ0v) is 13.2. The number of nitrogens with zero attached hydrogens (tertiary/aromatic N) is 3. The van der Waals surface area contributed by atoms with Crippen LogP contribution in [0.5, 0.6) is 5.75 Å². The Balaban J connectivity index is 2.33. The summed E-state index contributed by atoms with van der Waals surface area (Å²) in [4.78, 5) is 33.1. The van der Waals surface area contributed by atoms with E-state index in [2.05, 4.69) is 14.9 Å². The fourth-order valence-electron chi connectivity index (χ4n) is 3.02. The normalized spacial score (nSPS) is 12.1. The molecule has 130 valence electrons. The molecule has 3 rings (SSSR count). The topological polar surface area (TPSA) is 150 Å². The largest absolute Gasteiger partial charge is 0.485 e. The Morgan fingerprint density at radius 1 is 1.20 bits per heavy atom. The van der Waals surface area contributed by atoms with E-state index in [0.29, 0.717) is 12.0 Å². The monoisotopic (exact) mass is 348 g/mol. The predicted octanol–water partition coefficient (Wildman–Crippen LogP) is 1.79. The van der Waals surface area contributed by atoms with E-state index in [9.17, 15) is 25.0 Å². The quantitative estimate of drug-likeness (QED) is 0.499. The van der Waals surface area contributed by atoms with Crippen molar-refractivity contribution in [3.63, 3.8) is 0 Å². The maximum absolute atomic E-state index is 11.8. The summed E-state index contributed by atoms with van der Waals surface area (Å²) in [5.41, 5.74) is 0.408. The van der Waals surface area contributed by atoms with Crippen LogP contribution in [-0.2, 0) is 17.6 Å². The molecule has 1 heterocycles. The zero-order chi connectivity index (χ0) is 18.3. The number of ether oxygens (including phenoxy) is 2. The van der Waals surface area contributed by atoms with Crippen LogP contribution in [0, 0.1) is 20.2 Å². The molecule has 1 aliphatic carbocycles. The SMILES string of the molecule is COC(=O)c1[nH]nc2c1CCc1c-2cc([N+](=O)[O-])c(OC)c1[N+](=O)[O-]. The molecule has 0 amide bonds. The highest BCUT2D eigenvalue weighted by Crippen LogP contribution is 2.47. The lowest BCUT2D eigenvalue weighted by Crippen LogP contribution is -2.12. The lowest BCUT2D eigenvalue weighted by molar-refractivity contribution is -0.396. The molecule has 0 bridgehead atoms. The van der Waals surface area contributed by atoms with Gasteiger partial charge in [0.2, 0.25) is 0 Å². The van der Waals surface area contributed by atoms with Crippen LogP contribution in [0.2, 0.25) is 0 Å². The van der Waals surface area contributed by atoms with E-state index in [4.69, 9.17) is 4.74 Å². The first-order valence-electron chi connectivity index (χ1n) is 7.09. The summed E-state index contributed by atoms with van der Waals surface area (Å²) in [7, 11) is 2.35. The molecule has 0 aliphatic heterocycles. The highest BCUT2D eigenvalue weighted by atomic mass is 16.6. The Labute approximate surface area is 139 Å². The molecule has 11 heteroatoms. The number of H-pyrrole nitrogens is 1. The van der Waals surface area contributed by atoms with Crippen molar-refractivity contribution < 1.29 is 24.1 Å². The number of esters is 1. The molecule has 0 atom stereocenters. The van der Waals surface area contributed by atoms with Crippen molar-refractivity contribution in [2.75, 3.05) is 14.2 Å². The van der Waals surface area contributed by atoms with Crippen LogP contribution < -0.4 is 4.74 Å². The lowest BCUT2D eigenvalue weighted by Gasteiger charge is -2.17. The molecular formula is C14H12N4O7. The molecule has 0 spiro atoms. The molecule has 0 unspecified atom stereocenters. The Morgan fingerprint density at radius 2 is 1.88 bits per heavy atom. The third-order valence-electron chi connectivity index (χ3n) is 4.06. The molecule has 25 heavy (non-hydrogen) atoms. The second-order valence-electron chi connectivity index (χ2n) is 5.24. The summed E-state index contributed by atoms with van der Waals surface area (Å²) in [6.45, 7) is 0. The summed E-state index contributed by atoms with van der Waals surface area (Å²) < 4.78 is 9.59. The van der Waals surface area contributed by atoms with Gasteiger partial charge < -0.3 is 9.47 Å². The first-order chi connectivity index (χ1) is 11.9. The minimum absolute atomic E-state index is 0.129. The van der Waals surface area contributed by atoms with Crippen LogP contribution in [0.1, 0.15) is 21.6 Å². The molecule has 1 N–H and O–H groups in total. The highest BCUT2D eigenvalue weighted by Gasteiger charge is 2.37. The Hall–Kier alpha value is -3.50. The Bertz CT molecular complexity index is 918. The average Bonchev–Trinajstić information content (AvgIpc) is 3.03. The fraction of sp³-hybridized carbons (Fsp3) is 0.286. The van der Waals surface area contributed by atoms with Crippen LogP contribution in [0.3, 0.4) is 0 Å². The van der Waals surface area contributed by atoms with Gasteiger partial charge in [-0.15, -0.1) is 0 Å².